The lowest BCUT2D eigenvalue weighted by atomic mass is 9.84. The number of piperidine rings is 1. The van der Waals surface area contributed by atoms with Crippen LogP contribution in [0.1, 0.15) is 37.3 Å². The lowest BCUT2D eigenvalue weighted by Gasteiger charge is -2.46. The molecule has 0 aromatic heterocycles. The van der Waals surface area contributed by atoms with E-state index in [0.717, 1.165) is 0 Å². The van der Waals surface area contributed by atoms with E-state index in [1.165, 1.54) is 34.6 Å². The molecule has 0 radical (unpaired) electrons. The number of ketones is 1. The van der Waals surface area contributed by atoms with Crippen LogP contribution in [0.25, 0.3) is 0 Å². The average molecular weight is 558 g/mol. The Morgan fingerprint density at radius 3 is 2.38 bits per heavy atom. The van der Waals surface area contributed by atoms with Crippen LogP contribution in [0, 0.1) is 0 Å². The summed E-state index contributed by atoms with van der Waals surface area (Å²) in [6.07, 6.45) is 1.22. The second-order valence-corrected chi connectivity index (χ2v) is 12.3. The summed E-state index contributed by atoms with van der Waals surface area (Å²) < 4.78 is 68.7. The maximum absolute atomic E-state index is 13.6. The van der Waals surface area contributed by atoms with Crippen LogP contribution in [0.4, 0.5) is 13.2 Å². The zero-order chi connectivity index (χ0) is 27.1. The van der Waals surface area contributed by atoms with E-state index in [0.29, 0.717) is 62.8 Å². The van der Waals surface area contributed by atoms with Crippen molar-refractivity contribution < 1.29 is 31.5 Å². The minimum absolute atomic E-state index is 0.0262. The number of hydrogen-bond acceptors (Lipinski definition) is 7. The molecule has 0 bridgehead atoms. The Labute approximate surface area is 220 Å². The third-order valence-electron chi connectivity index (χ3n) is 7.31. The minimum Gasteiger partial charge on any atom is -0.376 e. The molecule has 1 aromatic carbocycles. The molecule has 37 heavy (non-hydrogen) atoms. The zero-order valence-corrected chi connectivity index (χ0v) is 22.1. The Morgan fingerprint density at radius 1 is 1.14 bits per heavy atom. The van der Waals surface area contributed by atoms with E-state index in [-0.39, 0.29) is 29.3 Å². The molecule has 4 rings (SSSR count). The lowest BCUT2D eigenvalue weighted by Crippen LogP contribution is -2.64. The largest absolute Gasteiger partial charge is 0.421 e. The predicted molar refractivity (Wildman–Crippen MR) is 137 cm³/mol. The summed E-state index contributed by atoms with van der Waals surface area (Å²) >= 11 is 5.32. The Hall–Kier alpha value is -1.96. The van der Waals surface area contributed by atoms with Gasteiger partial charge in [0, 0.05) is 63.4 Å². The summed E-state index contributed by atoms with van der Waals surface area (Å²) in [5, 5.41) is 13.5. The number of rotatable bonds is 6. The van der Waals surface area contributed by atoms with Crippen LogP contribution in [-0.4, -0.2) is 78.8 Å². The number of sulfonamides is 1. The fourth-order valence-corrected chi connectivity index (χ4v) is 7.07. The number of carbonyl (C=O) groups excluding carboxylic acids is 1. The number of aliphatic hydroxyl groups is 1. The molecule has 12 heteroatoms. The van der Waals surface area contributed by atoms with E-state index >= 15 is 0 Å². The first-order valence-corrected chi connectivity index (χ1v) is 13.9. The van der Waals surface area contributed by atoms with Gasteiger partial charge >= 0.3 is 6.18 Å². The molecule has 0 amide bonds. The number of thiocarbonyl (C=S) groups is 1. The van der Waals surface area contributed by atoms with Gasteiger partial charge in [0.2, 0.25) is 10.0 Å². The molecule has 202 valence electrons. The fraction of sp³-hybridized carbons (Fsp3) is 0.520. The summed E-state index contributed by atoms with van der Waals surface area (Å²) in [7, 11) is -3.91. The molecule has 2 saturated heterocycles. The van der Waals surface area contributed by atoms with Crippen LogP contribution >= 0.6 is 12.2 Å². The van der Waals surface area contributed by atoms with E-state index in [1.54, 1.807) is 12.2 Å². The topological polar surface area (TPSA) is 90.0 Å². The molecular formula is C25H30F3N3O4S2. The molecule has 2 atom stereocenters. The van der Waals surface area contributed by atoms with Gasteiger partial charge in [-0.3, -0.25) is 4.79 Å². The SMILES string of the molecule is CC(O)(c1ccc([C@]2(CN3CCC(=O)CC3)CN(S(=O)(=O)C3=CC=CCC3=S)CCN2)cc1)C(F)(F)F. The first-order chi connectivity index (χ1) is 17.3. The standard InChI is InChI=1S/C25H30F3N3O4S2/c1-23(33,25(26,27)28)18-6-8-19(9-7-18)24(16-30-13-10-20(32)11-14-30)17-31(15-12-29-24)37(34,35)22-5-3-2-4-21(22)36/h2-3,5-9,29,33H,4,10-17H2,1H3/t23?,24-/m0/s1. The molecular weight excluding hydrogens is 527 g/mol. The van der Waals surface area contributed by atoms with Gasteiger partial charge in [-0.1, -0.05) is 48.6 Å². The van der Waals surface area contributed by atoms with Crippen molar-refractivity contribution in [1.82, 2.24) is 14.5 Å². The lowest BCUT2D eigenvalue weighted by molar-refractivity contribution is -0.258. The number of carbonyl (C=O) groups is 1. The number of allylic oxidation sites excluding steroid dienone is 4. The van der Waals surface area contributed by atoms with Crippen molar-refractivity contribution in [3.05, 3.63) is 58.5 Å². The highest BCUT2D eigenvalue weighted by molar-refractivity contribution is 7.96. The average Bonchev–Trinajstić information content (AvgIpc) is 2.85. The van der Waals surface area contributed by atoms with Crippen molar-refractivity contribution in [3.8, 4) is 0 Å². The van der Waals surface area contributed by atoms with Gasteiger partial charge < -0.3 is 15.3 Å². The number of likely N-dealkylation sites (tertiary alicyclic amines) is 1. The highest BCUT2D eigenvalue weighted by Gasteiger charge is 2.51. The molecule has 1 aliphatic carbocycles. The molecule has 2 aliphatic heterocycles. The van der Waals surface area contributed by atoms with Gasteiger partial charge in [-0.25, -0.2) is 8.42 Å². The number of hydrogen-bond donors (Lipinski definition) is 2. The molecule has 2 N–H and O–H groups in total. The third kappa shape index (κ3) is 5.59. The second kappa shape index (κ2) is 10.3. The second-order valence-electron chi connectivity index (χ2n) is 9.90. The van der Waals surface area contributed by atoms with Gasteiger partial charge in [-0.05, 0) is 24.1 Å². The molecule has 3 aliphatic rings. The monoisotopic (exact) mass is 557 g/mol. The van der Waals surface area contributed by atoms with Crippen LogP contribution in [0.5, 0.6) is 0 Å². The molecule has 1 aromatic rings. The summed E-state index contributed by atoms with van der Waals surface area (Å²) in [6.45, 7) is 2.61. The number of nitrogens with zero attached hydrogens (tertiary/aromatic N) is 2. The molecule has 2 fully saturated rings. The number of piperazine rings is 1. The summed E-state index contributed by atoms with van der Waals surface area (Å²) in [4.78, 5) is 14.3. The third-order valence-corrected chi connectivity index (χ3v) is 9.75. The Kier molecular flexibility index (Phi) is 7.82. The molecule has 0 saturated carbocycles. The van der Waals surface area contributed by atoms with E-state index in [2.05, 4.69) is 10.2 Å². The minimum atomic E-state index is -4.86. The van der Waals surface area contributed by atoms with Crippen LogP contribution in [-0.2, 0) is 26.0 Å². The first-order valence-electron chi connectivity index (χ1n) is 12.1. The van der Waals surface area contributed by atoms with Crippen molar-refractivity contribution in [2.45, 2.75) is 43.5 Å². The van der Waals surface area contributed by atoms with Crippen LogP contribution in [0.3, 0.4) is 0 Å². The maximum atomic E-state index is 13.6. The number of nitrogens with one attached hydrogen (secondary N) is 1. The Morgan fingerprint density at radius 2 is 1.78 bits per heavy atom. The van der Waals surface area contributed by atoms with Crippen LogP contribution in [0.15, 0.2) is 47.4 Å². The van der Waals surface area contributed by atoms with E-state index in [9.17, 15) is 31.5 Å². The molecule has 0 spiro atoms. The number of Topliss-reactive ketones (excluding diaryl/α,β-unsaturated/α-hetero) is 1. The number of halogens is 3. The number of alkyl halides is 3. The summed E-state index contributed by atoms with van der Waals surface area (Å²) in [5.41, 5.74) is -3.71. The van der Waals surface area contributed by atoms with Crippen molar-refractivity contribution in [3.63, 3.8) is 0 Å². The normalized spacial score (nSPS) is 26.1. The quantitative estimate of drug-likeness (QED) is 0.520. The van der Waals surface area contributed by atoms with Crippen LogP contribution in [0.2, 0.25) is 0 Å². The Balaban J connectivity index is 1.70. The maximum Gasteiger partial charge on any atom is 0.421 e. The molecule has 2 heterocycles. The predicted octanol–water partition coefficient (Wildman–Crippen LogP) is 2.77. The summed E-state index contributed by atoms with van der Waals surface area (Å²) in [6, 6.07) is 5.45. The smallest absolute Gasteiger partial charge is 0.376 e. The Bertz CT molecular complexity index is 1220. The van der Waals surface area contributed by atoms with E-state index in [4.69, 9.17) is 12.2 Å². The van der Waals surface area contributed by atoms with Crippen molar-refractivity contribution in [2.24, 2.45) is 0 Å². The fourth-order valence-electron chi connectivity index (χ4n) is 4.96. The first kappa shape index (κ1) is 28.1. The zero-order valence-electron chi connectivity index (χ0n) is 20.4. The highest BCUT2D eigenvalue weighted by atomic mass is 32.2. The van der Waals surface area contributed by atoms with Gasteiger partial charge in [0.1, 0.15) is 5.78 Å². The van der Waals surface area contributed by atoms with E-state index < -0.39 is 27.3 Å². The number of benzene rings is 1. The van der Waals surface area contributed by atoms with E-state index in [1.807, 2.05) is 0 Å². The van der Waals surface area contributed by atoms with Crippen molar-refractivity contribution in [2.75, 3.05) is 39.3 Å². The molecule has 1 unspecified atom stereocenters. The van der Waals surface area contributed by atoms with Gasteiger partial charge in [0.05, 0.1) is 10.4 Å². The van der Waals surface area contributed by atoms with Gasteiger partial charge in [-0.15, -0.1) is 0 Å². The highest BCUT2D eigenvalue weighted by Crippen LogP contribution is 2.39. The summed E-state index contributed by atoms with van der Waals surface area (Å²) in [5.74, 6) is 0.163. The van der Waals surface area contributed by atoms with Gasteiger partial charge in [-0.2, -0.15) is 17.5 Å². The molecule has 7 nitrogen and oxygen atoms in total. The van der Waals surface area contributed by atoms with Crippen LogP contribution < -0.4 is 5.32 Å². The van der Waals surface area contributed by atoms with Crippen molar-refractivity contribution in [1.29, 1.82) is 0 Å². The van der Waals surface area contributed by atoms with Gasteiger partial charge in [0.25, 0.3) is 0 Å². The van der Waals surface area contributed by atoms with Crippen molar-refractivity contribution >= 4 is 32.9 Å². The van der Waals surface area contributed by atoms with Gasteiger partial charge in [0.15, 0.2) is 5.60 Å².